The molecule has 1 aromatic carbocycles. The average molecular weight is 261 g/mol. The van der Waals surface area contributed by atoms with Crippen LogP contribution in [0.2, 0.25) is 0 Å². The molecule has 3 nitrogen and oxygen atoms in total. The summed E-state index contributed by atoms with van der Waals surface area (Å²) < 4.78 is 7.40. The highest BCUT2D eigenvalue weighted by atomic mass is 35.5. The fraction of sp³-hybridized carbons (Fsp3) is 0.214. The number of nitrogens with zero attached hydrogens (tertiary/aromatic N) is 2. The van der Waals surface area contributed by atoms with Crippen molar-refractivity contribution in [1.29, 1.82) is 0 Å². The number of hydrogen-bond donors (Lipinski definition) is 0. The van der Waals surface area contributed by atoms with E-state index in [9.17, 15) is 0 Å². The maximum atomic E-state index is 5.65. The summed E-state index contributed by atoms with van der Waals surface area (Å²) in [6.45, 7) is 0.452. The van der Waals surface area contributed by atoms with Gasteiger partial charge in [-0.15, -0.1) is 11.6 Å². The van der Waals surface area contributed by atoms with Crippen molar-refractivity contribution in [2.45, 2.75) is 6.61 Å². The van der Waals surface area contributed by atoms with Crippen molar-refractivity contribution in [3.05, 3.63) is 47.8 Å². The van der Waals surface area contributed by atoms with Gasteiger partial charge in [0.2, 0.25) is 0 Å². The van der Waals surface area contributed by atoms with E-state index in [-0.39, 0.29) is 0 Å². The van der Waals surface area contributed by atoms with Gasteiger partial charge < -0.3 is 4.74 Å². The molecular weight excluding hydrogens is 248 g/mol. The third kappa shape index (κ3) is 3.54. The van der Waals surface area contributed by atoms with Crippen LogP contribution in [-0.2, 0) is 13.7 Å². The fourth-order valence-corrected chi connectivity index (χ4v) is 1.56. The predicted molar refractivity (Wildman–Crippen MR) is 71.6 cm³/mol. The molecule has 0 radical (unpaired) electrons. The molecule has 18 heavy (non-hydrogen) atoms. The molecule has 0 atom stereocenters. The quantitative estimate of drug-likeness (QED) is 0.627. The average Bonchev–Trinajstić information content (AvgIpc) is 2.80. The van der Waals surface area contributed by atoms with Crippen LogP contribution >= 0.6 is 11.6 Å². The third-order valence-electron chi connectivity index (χ3n) is 2.29. The van der Waals surface area contributed by atoms with Gasteiger partial charge in [0.25, 0.3) is 0 Å². The van der Waals surface area contributed by atoms with Crippen LogP contribution in [0.25, 0.3) is 0 Å². The molecule has 2 aromatic rings. The molecule has 0 saturated heterocycles. The molecule has 0 saturated carbocycles. The second-order valence-corrected chi connectivity index (χ2v) is 4.00. The summed E-state index contributed by atoms with van der Waals surface area (Å²) in [5, 5.41) is 4.24. The smallest absolute Gasteiger partial charge is 0.132 e. The lowest BCUT2D eigenvalue weighted by Gasteiger charge is -2.04. The van der Waals surface area contributed by atoms with Crippen LogP contribution in [0.1, 0.15) is 11.3 Å². The topological polar surface area (TPSA) is 27.1 Å². The Morgan fingerprint density at radius 1 is 1.39 bits per heavy atom. The van der Waals surface area contributed by atoms with Crippen LogP contribution in [0.15, 0.2) is 36.5 Å². The molecule has 1 aromatic heterocycles. The first kappa shape index (κ1) is 12.5. The van der Waals surface area contributed by atoms with E-state index in [0.29, 0.717) is 12.5 Å². The van der Waals surface area contributed by atoms with Crippen LogP contribution in [-0.4, -0.2) is 15.7 Å². The van der Waals surface area contributed by atoms with Crippen LogP contribution in [0.5, 0.6) is 5.75 Å². The number of hydrogen-bond acceptors (Lipinski definition) is 2. The van der Waals surface area contributed by atoms with E-state index >= 15 is 0 Å². The molecule has 1 heterocycles. The molecular formula is C14H13ClN2O. The highest BCUT2D eigenvalue weighted by molar-refractivity contribution is 6.19. The molecule has 0 aliphatic carbocycles. The molecule has 0 fully saturated rings. The molecule has 92 valence electrons. The maximum absolute atomic E-state index is 5.65. The van der Waals surface area contributed by atoms with Crippen molar-refractivity contribution < 1.29 is 4.74 Å². The summed E-state index contributed by atoms with van der Waals surface area (Å²) in [7, 11) is 1.88. The number of halogens is 1. The van der Waals surface area contributed by atoms with E-state index in [2.05, 4.69) is 16.9 Å². The first-order chi connectivity index (χ1) is 8.78. The largest absolute Gasteiger partial charge is 0.487 e. The number of aromatic nitrogens is 2. The maximum Gasteiger partial charge on any atom is 0.132 e. The highest BCUT2D eigenvalue weighted by Crippen LogP contribution is 2.14. The Bertz CT molecular complexity index is 581. The lowest BCUT2D eigenvalue weighted by atomic mass is 10.2. The standard InChI is InChI=1S/C14H13ClN2O/c1-17-9-7-13(16-17)11-18-14-6-2-4-12(10-14)5-3-8-15/h2,4,6-7,9-10H,8,11H2,1H3. The minimum absolute atomic E-state index is 0.332. The lowest BCUT2D eigenvalue weighted by molar-refractivity contribution is 0.300. The van der Waals surface area contributed by atoms with Crippen LogP contribution < -0.4 is 4.74 Å². The van der Waals surface area contributed by atoms with Crippen molar-refractivity contribution >= 4 is 11.6 Å². The minimum atomic E-state index is 0.332. The van der Waals surface area contributed by atoms with Crippen LogP contribution in [0.3, 0.4) is 0 Å². The SMILES string of the molecule is Cn1ccc(COc2cccc(C#CCCl)c2)n1. The fourth-order valence-electron chi connectivity index (χ4n) is 1.50. The molecule has 0 spiro atoms. The molecule has 0 aliphatic rings. The van der Waals surface area contributed by atoms with E-state index in [1.807, 2.05) is 43.6 Å². The molecule has 0 unspecified atom stereocenters. The summed E-state index contributed by atoms with van der Waals surface area (Å²) in [5.74, 6) is 6.88. The van der Waals surface area contributed by atoms with Crippen molar-refractivity contribution in [1.82, 2.24) is 9.78 Å². The number of aryl methyl sites for hydroxylation is 1. The monoisotopic (exact) mass is 260 g/mol. The zero-order valence-corrected chi connectivity index (χ0v) is 10.8. The van der Waals surface area contributed by atoms with Gasteiger partial charge in [0.15, 0.2) is 0 Å². The van der Waals surface area contributed by atoms with Gasteiger partial charge in [-0.3, -0.25) is 4.68 Å². The molecule has 0 bridgehead atoms. The van der Waals surface area contributed by atoms with E-state index in [1.165, 1.54) is 0 Å². The van der Waals surface area contributed by atoms with Gasteiger partial charge in [-0.05, 0) is 24.3 Å². The Morgan fingerprint density at radius 3 is 3.00 bits per heavy atom. The Morgan fingerprint density at radius 2 is 2.28 bits per heavy atom. The summed E-state index contributed by atoms with van der Waals surface area (Å²) in [4.78, 5) is 0. The van der Waals surface area contributed by atoms with Gasteiger partial charge in [-0.2, -0.15) is 5.10 Å². The van der Waals surface area contributed by atoms with Gasteiger partial charge >= 0.3 is 0 Å². The third-order valence-corrected chi connectivity index (χ3v) is 2.42. The Balaban J connectivity index is 2.01. The molecule has 0 aliphatic heterocycles. The minimum Gasteiger partial charge on any atom is -0.487 e. The van der Waals surface area contributed by atoms with Crippen LogP contribution in [0.4, 0.5) is 0 Å². The van der Waals surface area contributed by atoms with E-state index in [0.717, 1.165) is 17.0 Å². The first-order valence-electron chi connectivity index (χ1n) is 5.54. The second-order valence-electron chi connectivity index (χ2n) is 3.73. The van der Waals surface area contributed by atoms with Crippen molar-refractivity contribution in [2.24, 2.45) is 7.05 Å². The Kier molecular flexibility index (Phi) is 4.27. The Hall–Kier alpha value is -1.92. The van der Waals surface area contributed by atoms with E-state index < -0.39 is 0 Å². The van der Waals surface area contributed by atoms with Gasteiger partial charge in [-0.25, -0.2) is 0 Å². The molecule has 4 heteroatoms. The molecule has 2 rings (SSSR count). The van der Waals surface area contributed by atoms with Crippen molar-refractivity contribution in [3.63, 3.8) is 0 Å². The first-order valence-corrected chi connectivity index (χ1v) is 6.07. The lowest BCUT2D eigenvalue weighted by Crippen LogP contribution is -1.98. The molecule has 0 amide bonds. The van der Waals surface area contributed by atoms with Gasteiger partial charge in [0.1, 0.15) is 12.4 Å². The highest BCUT2D eigenvalue weighted by Gasteiger charge is 1.99. The summed E-state index contributed by atoms with van der Waals surface area (Å²) in [6, 6.07) is 9.55. The normalized spacial score (nSPS) is 9.67. The second kappa shape index (κ2) is 6.13. The number of rotatable bonds is 3. The van der Waals surface area contributed by atoms with Crippen molar-refractivity contribution in [2.75, 3.05) is 5.88 Å². The van der Waals surface area contributed by atoms with Gasteiger partial charge in [0, 0.05) is 18.8 Å². The van der Waals surface area contributed by atoms with E-state index in [1.54, 1.807) is 4.68 Å². The summed E-state index contributed by atoms with van der Waals surface area (Å²) in [5.41, 5.74) is 1.80. The number of alkyl halides is 1. The Labute approximate surface area is 111 Å². The number of ether oxygens (including phenoxy) is 1. The van der Waals surface area contributed by atoms with Crippen molar-refractivity contribution in [3.8, 4) is 17.6 Å². The van der Waals surface area contributed by atoms with Gasteiger partial charge in [0.05, 0.1) is 11.6 Å². The van der Waals surface area contributed by atoms with E-state index in [4.69, 9.17) is 16.3 Å². The summed E-state index contributed by atoms with van der Waals surface area (Å²) >= 11 is 5.52. The van der Waals surface area contributed by atoms with Gasteiger partial charge in [-0.1, -0.05) is 17.9 Å². The predicted octanol–water partition coefficient (Wildman–Crippen LogP) is 2.59. The zero-order chi connectivity index (χ0) is 12.8. The number of benzene rings is 1. The summed E-state index contributed by atoms with van der Waals surface area (Å²) in [6.07, 6.45) is 1.89. The molecule has 0 N–H and O–H groups in total. The van der Waals surface area contributed by atoms with Crippen LogP contribution in [0, 0.1) is 11.8 Å². The zero-order valence-electron chi connectivity index (χ0n) is 10.1.